The number of benzene rings is 1. The fraction of sp³-hybridized carbons (Fsp3) is 0.300. The van der Waals surface area contributed by atoms with Crippen molar-refractivity contribution < 1.29 is 15.0 Å². The molecule has 5 heteroatoms. The smallest absolute Gasteiger partial charge is 0.221 e. The quantitative estimate of drug-likeness (QED) is 0.553. The van der Waals surface area contributed by atoms with E-state index in [0.717, 1.165) is 0 Å². The third-order valence-electron chi connectivity index (χ3n) is 1.74. The monoisotopic (exact) mass is 210 g/mol. The van der Waals surface area contributed by atoms with Crippen LogP contribution in [0.3, 0.4) is 0 Å². The van der Waals surface area contributed by atoms with E-state index in [-0.39, 0.29) is 18.3 Å². The van der Waals surface area contributed by atoms with Crippen molar-refractivity contribution in [1.29, 1.82) is 0 Å². The number of aliphatic hydroxyl groups excluding tert-OH is 1. The molecule has 0 aliphatic carbocycles. The molecule has 0 aromatic heterocycles. The summed E-state index contributed by atoms with van der Waals surface area (Å²) in [6.07, 6.45) is 0. The molecule has 0 fully saturated rings. The van der Waals surface area contributed by atoms with E-state index < -0.39 is 0 Å². The third kappa shape index (κ3) is 3.47. The van der Waals surface area contributed by atoms with Gasteiger partial charge in [-0.05, 0) is 12.1 Å². The van der Waals surface area contributed by atoms with Crippen molar-refractivity contribution in [1.82, 2.24) is 0 Å². The van der Waals surface area contributed by atoms with Crippen LogP contribution in [0.2, 0.25) is 0 Å². The van der Waals surface area contributed by atoms with Gasteiger partial charge in [0.15, 0.2) is 0 Å². The average Bonchev–Trinajstić information content (AvgIpc) is 2.18. The predicted octanol–water partition coefficient (Wildman–Crippen LogP) is 0.755. The lowest BCUT2D eigenvalue weighted by Crippen LogP contribution is -2.11. The molecule has 0 saturated carbocycles. The summed E-state index contributed by atoms with van der Waals surface area (Å²) in [7, 11) is 0. The highest BCUT2D eigenvalue weighted by Gasteiger charge is 2.04. The van der Waals surface area contributed by atoms with Crippen LogP contribution >= 0.6 is 0 Å². The Kier molecular flexibility index (Phi) is 3.93. The van der Waals surface area contributed by atoms with Gasteiger partial charge in [0.05, 0.1) is 18.0 Å². The number of nitrogens with one attached hydrogen (secondary N) is 2. The Morgan fingerprint density at radius 2 is 2.13 bits per heavy atom. The first-order valence-corrected chi connectivity index (χ1v) is 4.59. The minimum atomic E-state index is -0.187. The normalized spacial score (nSPS) is 9.73. The Morgan fingerprint density at radius 1 is 1.40 bits per heavy atom. The van der Waals surface area contributed by atoms with Crippen molar-refractivity contribution in [3.05, 3.63) is 18.2 Å². The molecule has 1 amide bonds. The van der Waals surface area contributed by atoms with Crippen molar-refractivity contribution in [2.75, 3.05) is 23.8 Å². The van der Waals surface area contributed by atoms with Crippen LogP contribution in [0.4, 0.5) is 11.4 Å². The topological polar surface area (TPSA) is 81.6 Å². The van der Waals surface area contributed by atoms with Gasteiger partial charge in [-0.15, -0.1) is 0 Å². The predicted molar refractivity (Wildman–Crippen MR) is 58.0 cm³/mol. The summed E-state index contributed by atoms with van der Waals surface area (Å²) in [5.41, 5.74) is 1.16. The summed E-state index contributed by atoms with van der Waals surface area (Å²) in [5.74, 6) is -0.0859. The van der Waals surface area contributed by atoms with Crippen LogP contribution in [0.1, 0.15) is 6.92 Å². The summed E-state index contributed by atoms with van der Waals surface area (Å²) in [6.45, 7) is 1.74. The number of aliphatic hydroxyl groups is 1. The van der Waals surface area contributed by atoms with Gasteiger partial charge in [-0.2, -0.15) is 0 Å². The summed E-state index contributed by atoms with van der Waals surface area (Å²) in [6, 6.07) is 4.56. The summed E-state index contributed by atoms with van der Waals surface area (Å²) in [4.78, 5) is 10.9. The second-order valence-corrected chi connectivity index (χ2v) is 3.06. The number of hydrogen-bond donors (Lipinski definition) is 4. The second-order valence-electron chi connectivity index (χ2n) is 3.06. The van der Waals surface area contributed by atoms with Gasteiger partial charge >= 0.3 is 0 Å². The number of anilines is 2. The molecule has 15 heavy (non-hydrogen) atoms. The number of phenols is 1. The lowest BCUT2D eigenvalue weighted by Gasteiger charge is -2.11. The molecule has 0 unspecified atom stereocenters. The highest BCUT2D eigenvalue weighted by Crippen LogP contribution is 2.26. The average molecular weight is 210 g/mol. The third-order valence-corrected chi connectivity index (χ3v) is 1.74. The van der Waals surface area contributed by atoms with Gasteiger partial charge in [-0.3, -0.25) is 4.79 Å². The number of aromatic hydroxyl groups is 1. The van der Waals surface area contributed by atoms with Crippen LogP contribution in [0, 0.1) is 0 Å². The van der Waals surface area contributed by atoms with Crippen molar-refractivity contribution in [3.8, 4) is 5.75 Å². The fourth-order valence-electron chi connectivity index (χ4n) is 1.17. The first-order chi connectivity index (χ1) is 7.13. The first-order valence-electron chi connectivity index (χ1n) is 4.59. The lowest BCUT2D eigenvalue weighted by atomic mass is 10.2. The molecule has 1 aromatic rings. The van der Waals surface area contributed by atoms with Crippen molar-refractivity contribution in [3.63, 3.8) is 0 Å². The van der Waals surface area contributed by atoms with E-state index in [0.29, 0.717) is 17.9 Å². The van der Waals surface area contributed by atoms with Crippen LogP contribution in [0.15, 0.2) is 18.2 Å². The number of carbonyl (C=O) groups excluding carboxylic acids is 1. The van der Waals surface area contributed by atoms with Crippen LogP contribution < -0.4 is 10.6 Å². The van der Waals surface area contributed by atoms with Gasteiger partial charge in [0.1, 0.15) is 5.75 Å². The van der Waals surface area contributed by atoms with Crippen LogP contribution in [0.25, 0.3) is 0 Å². The SMILES string of the molecule is CC(=O)Nc1ccc(O)cc1NCCO. The molecular weight excluding hydrogens is 196 g/mol. The largest absolute Gasteiger partial charge is 0.508 e. The summed E-state index contributed by atoms with van der Waals surface area (Å²) < 4.78 is 0. The van der Waals surface area contributed by atoms with Gasteiger partial charge in [-0.25, -0.2) is 0 Å². The number of hydrogen-bond acceptors (Lipinski definition) is 4. The molecule has 0 heterocycles. The molecule has 0 aliphatic rings. The van der Waals surface area contributed by atoms with Gasteiger partial charge in [0.25, 0.3) is 0 Å². The zero-order chi connectivity index (χ0) is 11.3. The molecule has 82 valence electrons. The van der Waals surface area contributed by atoms with E-state index >= 15 is 0 Å². The Labute approximate surface area is 87.7 Å². The molecule has 0 atom stereocenters. The molecule has 0 spiro atoms. The maximum absolute atomic E-state index is 10.9. The van der Waals surface area contributed by atoms with E-state index in [1.807, 2.05) is 0 Å². The Hall–Kier alpha value is -1.75. The van der Waals surface area contributed by atoms with E-state index in [2.05, 4.69) is 10.6 Å². The van der Waals surface area contributed by atoms with Crippen molar-refractivity contribution >= 4 is 17.3 Å². The van der Waals surface area contributed by atoms with Gasteiger partial charge in [0.2, 0.25) is 5.91 Å². The molecule has 0 bridgehead atoms. The maximum atomic E-state index is 10.9. The molecule has 5 nitrogen and oxygen atoms in total. The molecule has 4 N–H and O–H groups in total. The fourth-order valence-corrected chi connectivity index (χ4v) is 1.17. The molecule has 0 radical (unpaired) electrons. The van der Waals surface area contributed by atoms with Gasteiger partial charge in [0, 0.05) is 19.5 Å². The van der Waals surface area contributed by atoms with E-state index in [9.17, 15) is 9.90 Å². The zero-order valence-corrected chi connectivity index (χ0v) is 8.45. The minimum absolute atomic E-state index is 0.0187. The number of amides is 1. The van der Waals surface area contributed by atoms with Gasteiger partial charge < -0.3 is 20.8 Å². The first kappa shape index (κ1) is 11.3. The Morgan fingerprint density at radius 3 is 2.73 bits per heavy atom. The zero-order valence-electron chi connectivity index (χ0n) is 8.45. The van der Waals surface area contributed by atoms with Crippen molar-refractivity contribution in [2.24, 2.45) is 0 Å². The number of rotatable bonds is 4. The molecular formula is C10H14N2O3. The molecule has 1 aromatic carbocycles. The summed E-state index contributed by atoms with van der Waals surface area (Å²) in [5, 5.41) is 23.4. The van der Waals surface area contributed by atoms with Gasteiger partial charge in [-0.1, -0.05) is 0 Å². The van der Waals surface area contributed by atoms with Crippen LogP contribution in [-0.2, 0) is 4.79 Å². The highest BCUT2D eigenvalue weighted by molar-refractivity contribution is 5.92. The molecule has 0 saturated heterocycles. The second kappa shape index (κ2) is 5.21. The van der Waals surface area contributed by atoms with Crippen molar-refractivity contribution in [2.45, 2.75) is 6.92 Å². The highest BCUT2D eigenvalue weighted by atomic mass is 16.3. The van der Waals surface area contributed by atoms with E-state index in [1.165, 1.54) is 19.1 Å². The molecule has 0 aliphatic heterocycles. The van der Waals surface area contributed by atoms with Crippen LogP contribution in [-0.4, -0.2) is 29.3 Å². The van der Waals surface area contributed by atoms with E-state index in [1.54, 1.807) is 6.07 Å². The Balaban J connectivity index is 2.87. The summed E-state index contributed by atoms with van der Waals surface area (Å²) >= 11 is 0. The van der Waals surface area contributed by atoms with E-state index in [4.69, 9.17) is 5.11 Å². The maximum Gasteiger partial charge on any atom is 0.221 e. The lowest BCUT2D eigenvalue weighted by molar-refractivity contribution is -0.114. The number of phenolic OH excluding ortho intramolecular Hbond substituents is 1. The standard InChI is InChI=1S/C10H14N2O3/c1-7(14)12-9-3-2-8(15)6-10(9)11-4-5-13/h2-3,6,11,13,15H,4-5H2,1H3,(H,12,14). The minimum Gasteiger partial charge on any atom is -0.508 e. The molecule has 1 rings (SSSR count). The number of carbonyl (C=O) groups is 1. The van der Waals surface area contributed by atoms with Crippen LogP contribution in [0.5, 0.6) is 5.75 Å². The Bertz CT molecular complexity index is 353.